The smallest absolute Gasteiger partial charge is 0.251 e. The Hall–Kier alpha value is -1.44. The van der Waals surface area contributed by atoms with E-state index in [1.165, 1.54) is 25.3 Å². The number of nitrogens with zero attached hydrogens (tertiary/aromatic N) is 1. The van der Waals surface area contributed by atoms with Crippen LogP contribution in [0.5, 0.6) is 0 Å². The summed E-state index contributed by atoms with van der Waals surface area (Å²) >= 11 is 0. The van der Waals surface area contributed by atoms with E-state index in [4.69, 9.17) is 0 Å². The van der Waals surface area contributed by atoms with Gasteiger partial charge in [-0.25, -0.2) is 13.1 Å². The molecular formula is C19H29N3O3S. The first kappa shape index (κ1) is 19.3. The van der Waals surface area contributed by atoms with Crippen molar-refractivity contribution in [1.82, 2.24) is 14.9 Å². The quantitative estimate of drug-likeness (QED) is 0.760. The van der Waals surface area contributed by atoms with Gasteiger partial charge < -0.3 is 5.32 Å². The van der Waals surface area contributed by atoms with Gasteiger partial charge in [0, 0.05) is 30.7 Å². The molecule has 6 nitrogen and oxygen atoms in total. The van der Waals surface area contributed by atoms with Crippen LogP contribution in [0, 0.1) is 6.92 Å². The number of amides is 1. The molecule has 7 heteroatoms. The lowest BCUT2D eigenvalue weighted by Gasteiger charge is -2.33. The molecular weight excluding hydrogens is 350 g/mol. The van der Waals surface area contributed by atoms with Gasteiger partial charge in [0.25, 0.3) is 5.91 Å². The van der Waals surface area contributed by atoms with Crippen LogP contribution in [-0.4, -0.2) is 50.9 Å². The van der Waals surface area contributed by atoms with Gasteiger partial charge in [0.2, 0.25) is 10.0 Å². The Morgan fingerprint density at radius 3 is 2.69 bits per heavy atom. The van der Waals surface area contributed by atoms with E-state index in [0.717, 1.165) is 31.5 Å². The summed E-state index contributed by atoms with van der Waals surface area (Å²) in [7, 11) is -3.55. The number of rotatable bonds is 7. The van der Waals surface area contributed by atoms with E-state index in [9.17, 15) is 13.2 Å². The van der Waals surface area contributed by atoms with Crippen molar-refractivity contribution in [3.05, 3.63) is 29.3 Å². The van der Waals surface area contributed by atoms with Crippen molar-refractivity contribution >= 4 is 15.9 Å². The predicted octanol–water partition coefficient (Wildman–Crippen LogP) is 2.04. The van der Waals surface area contributed by atoms with Crippen LogP contribution in [0.2, 0.25) is 0 Å². The number of carbonyl (C=O) groups is 1. The highest BCUT2D eigenvalue weighted by atomic mass is 32.2. The zero-order valence-corrected chi connectivity index (χ0v) is 16.4. The maximum Gasteiger partial charge on any atom is 0.251 e. The summed E-state index contributed by atoms with van der Waals surface area (Å²) in [6.45, 7) is 6.53. The molecule has 3 rings (SSSR count). The normalized spacial score (nSPS) is 21.5. The molecule has 1 saturated carbocycles. The summed E-state index contributed by atoms with van der Waals surface area (Å²) < 4.78 is 27.4. The minimum atomic E-state index is -3.55. The van der Waals surface area contributed by atoms with Gasteiger partial charge in [0.1, 0.15) is 0 Å². The molecule has 0 radical (unpaired) electrons. The molecule has 1 aromatic carbocycles. The second-order valence-electron chi connectivity index (χ2n) is 7.51. The van der Waals surface area contributed by atoms with E-state index < -0.39 is 10.0 Å². The minimum Gasteiger partial charge on any atom is -0.351 e. The van der Waals surface area contributed by atoms with Gasteiger partial charge in [-0.2, -0.15) is 0 Å². The van der Waals surface area contributed by atoms with E-state index in [1.807, 2.05) is 6.92 Å². The fraction of sp³-hybridized carbons (Fsp3) is 0.632. The number of hydrogen-bond acceptors (Lipinski definition) is 4. The highest BCUT2D eigenvalue weighted by molar-refractivity contribution is 7.89. The maximum absolute atomic E-state index is 12.6. The molecule has 1 aromatic rings. The van der Waals surface area contributed by atoms with Crippen molar-refractivity contribution in [3.8, 4) is 0 Å². The van der Waals surface area contributed by atoms with Gasteiger partial charge in [-0.3, -0.25) is 9.69 Å². The SMILES string of the molecule is Cc1ccc(S(=O)(=O)NC2CC2)cc1C(=O)NCCN1CCCCC1C. The highest BCUT2D eigenvalue weighted by Gasteiger charge is 2.28. The molecule has 1 amide bonds. The molecule has 144 valence electrons. The Bertz CT molecular complexity index is 759. The van der Waals surface area contributed by atoms with Crippen LogP contribution in [0.3, 0.4) is 0 Å². The van der Waals surface area contributed by atoms with Crippen LogP contribution in [0.15, 0.2) is 23.1 Å². The third-order valence-corrected chi connectivity index (χ3v) is 6.81. The molecule has 0 aromatic heterocycles. The monoisotopic (exact) mass is 379 g/mol. The van der Waals surface area contributed by atoms with Crippen LogP contribution < -0.4 is 10.0 Å². The predicted molar refractivity (Wildman–Crippen MR) is 102 cm³/mol. The van der Waals surface area contributed by atoms with E-state index in [-0.39, 0.29) is 16.8 Å². The molecule has 1 unspecified atom stereocenters. The van der Waals surface area contributed by atoms with Crippen LogP contribution >= 0.6 is 0 Å². The Morgan fingerprint density at radius 2 is 2.00 bits per heavy atom. The molecule has 0 bridgehead atoms. The van der Waals surface area contributed by atoms with Crippen molar-refractivity contribution in [2.45, 2.75) is 62.9 Å². The summed E-state index contributed by atoms with van der Waals surface area (Å²) in [4.78, 5) is 15.1. The Morgan fingerprint density at radius 1 is 1.23 bits per heavy atom. The van der Waals surface area contributed by atoms with Crippen LogP contribution in [0.1, 0.15) is 54.9 Å². The molecule has 0 spiro atoms. The first-order valence-corrected chi connectivity index (χ1v) is 11.0. The van der Waals surface area contributed by atoms with Crippen LogP contribution in [0.4, 0.5) is 0 Å². The standard InChI is InChI=1S/C19H29N3O3S/c1-14-6-9-17(26(24,25)21-16-7-8-16)13-18(14)19(23)20-10-12-22-11-4-3-5-15(22)2/h6,9,13,15-16,21H,3-5,7-8,10-12H2,1-2H3,(H,20,23). The van der Waals surface area contributed by atoms with Gasteiger partial charge in [0.05, 0.1) is 4.90 Å². The van der Waals surface area contributed by atoms with Crippen LogP contribution in [-0.2, 0) is 10.0 Å². The van der Waals surface area contributed by atoms with Crippen molar-refractivity contribution in [3.63, 3.8) is 0 Å². The number of hydrogen-bond donors (Lipinski definition) is 2. The van der Waals surface area contributed by atoms with Crippen molar-refractivity contribution < 1.29 is 13.2 Å². The summed E-state index contributed by atoms with van der Waals surface area (Å²) in [6, 6.07) is 5.35. The van der Waals surface area contributed by atoms with Crippen molar-refractivity contribution in [2.24, 2.45) is 0 Å². The van der Waals surface area contributed by atoms with E-state index in [2.05, 4.69) is 21.9 Å². The number of nitrogens with one attached hydrogen (secondary N) is 2. The molecule has 2 aliphatic rings. The first-order chi connectivity index (χ1) is 12.4. The lowest BCUT2D eigenvalue weighted by molar-refractivity contribution is 0.0937. The van der Waals surface area contributed by atoms with E-state index >= 15 is 0 Å². The Labute approximate surface area is 156 Å². The largest absolute Gasteiger partial charge is 0.351 e. The highest BCUT2D eigenvalue weighted by Crippen LogP contribution is 2.23. The summed E-state index contributed by atoms with van der Waals surface area (Å²) in [5, 5.41) is 2.94. The first-order valence-electron chi connectivity index (χ1n) is 9.52. The van der Waals surface area contributed by atoms with Crippen LogP contribution in [0.25, 0.3) is 0 Å². The number of likely N-dealkylation sites (tertiary alicyclic amines) is 1. The third-order valence-electron chi connectivity index (χ3n) is 5.29. The van der Waals surface area contributed by atoms with Gasteiger partial charge in [-0.1, -0.05) is 12.5 Å². The number of carbonyl (C=O) groups excluding carboxylic acids is 1. The summed E-state index contributed by atoms with van der Waals surface area (Å²) in [6.07, 6.45) is 5.46. The van der Waals surface area contributed by atoms with Gasteiger partial charge in [0.15, 0.2) is 0 Å². The van der Waals surface area contributed by atoms with Gasteiger partial charge in [-0.15, -0.1) is 0 Å². The lowest BCUT2D eigenvalue weighted by atomic mass is 10.0. The number of sulfonamides is 1. The lowest BCUT2D eigenvalue weighted by Crippen LogP contribution is -2.42. The number of benzene rings is 1. The summed E-state index contributed by atoms with van der Waals surface area (Å²) in [5.41, 5.74) is 1.20. The zero-order chi connectivity index (χ0) is 18.7. The number of aryl methyl sites for hydroxylation is 1. The van der Waals surface area contributed by atoms with Gasteiger partial charge in [-0.05, 0) is 63.8 Å². The molecule has 2 fully saturated rings. The average Bonchev–Trinajstić information content (AvgIpc) is 3.40. The topological polar surface area (TPSA) is 78.5 Å². The molecule has 1 heterocycles. The molecule has 26 heavy (non-hydrogen) atoms. The van der Waals surface area contributed by atoms with Crippen molar-refractivity contribution in [1.29, 1.82) is 0 Å². The molecule has 1 saturated heterocycles. The second kappa shape index (κ2) is 8.06. The Kier molecular flexibility index (Phi) is 5.99. The van der Waals surface area contributed by atoms with E-state index in [1.54, 1.807) is 12.1 Å². The minimum absolute atomic E-state index is 0.0464. The molecule has 2 N–H and O–H groups in total. The third kappa shape index (κ3) is 4.84. The Balaban J connectivity index is 1.62. The number of piperidine rings is 1. The average molecular weight is 380 g/mol. The fourth-order valence-corrected chi connectivity index (χ4v) is 4.73. The molecule has 1 atom stereocenters. The molecule has 1 aliphatic heterocycles. The van der Waals surface area contributed by atoms with Gasteiger partial charge >= 0.3 is 0 Å². The second-order valence-corrected chi connectivity index (χ2v) is 9.22. The maximum atomic E-state index is 12.6. The molecule has 1 aliphatic carbocycles. The van der Waals surface area contributed by atoms with Crippen molar-refractivity contribution in [2.75, 3.05) is 19.6 Å². The summed E-state index contributed by atoms with van der Waals surface area (Å²) in [5.74, 6) is -0.212. The fourth-order valence-electron chi connectivity index (χ4n) is 3.40. The zero-order valence-electron chi connectivity index (χ0n) is 15.6. The van der Waals surface area contributed by atoms with E-state index in [0.29, 0.717) is 18.2 Å².